The Hall–Kier alpha value is -3.42. The van der Waals surface area contributed by atoms with E-state index in [2.05, 4.69) is 9.97 Å². The van der Waals surface area contributed by atoms with Crippen LogP contribution in [0.4, 0.5) is 4.39 Å². The number of benzene rings is 2. The van der Waals surface area contributed by atoms with Gasteiger partial charge in [0.15, 0.2) is 0 Å². The number of amides is 2. The van der Waals surface area contributed by atoms with Crippen LogP contribution in [0.3, 0.4) is 0 Å². The molecular weight excluding hydrogens is 351 g/mol. The summed E-state index contributed by atoms with van der Waals surface area (Å²) in [5, 5.41) is 0. The van der Waals surface area contributed by atoms with Crippen molar-refractivity contribution in [3.63, 3.8) is 0 Å². The number of aromatic amines is 2. The van der Waals surface area contributed by atoms with E-state index in [-0.39, 0.29) is 23.3 Å². The van der Waals surface area contributed by atoms with Gasteiger partial charge in [-0.15, -0.1) is 0 Å². The van der Waals surface area contributed by atoms with Crippen molar-refractivity contribution in [3.8, 4) is 0 Å². The molecule has 0 radical (unpaired) electrons. The molecule has 0 atom stereocenters. The van der Waals surface area contributed by atoms with Crippen molar-refractivity contribution >= 4 is 22.8 Å². The van der Waals surface area contributed by atoms with E-state index >= 15 is 0 Å². The summed E-state index contributed by atoms with van der Waals surface area (Å²) in [6.07, 6.45) is 0. The molecule has 138 valence electrons. The lowest BCUT2D eigenvalue weighted by atomic mass is 10.1. The molecule has 2 aromatic carbocycles. The lowest BCUT2D eigenvalue weighted by Crippen LogP contribution is -2.50. The number of halogens is 1. The van der Waals surface area contributed by atoms with Gasteiger partial charge in [0.25, 0.3) is 11.8 Å². The molecule has 2 amide bonds. The summed E-state index contributed by atoms with van der Waals surface area (Å²) < 4.78 is 13.0. The summed E-state index contributed by atoms with van der Waals surface area (Å²) >= 11 is 0. The summed E-state index contributed by atoms with van der Waals surface area (Å²) in [5.41, 5.74) is 1.82. The molecule has 0 aliphatic carbocycles. The molecule has 4 rings (SSSR count). The third-order valence-electron chi connectivity index (χ3n) is 4.71. The normalized spacial score (nSPS) is 14.6. The van der Waals surface area contributed by atoms with Crippen molar-refractivity contribution in [1.29, 1.82) is 0 Å². The number of aromatic nitrogens is 2. The molecule has 1 saturated heterocycles. The number of hydrogen-bond acceptors (Lipinski definition) is 3. The highest BCUT2D eigenvalue weighted by Crippen LogP contribution is 2.15. The fraction of sp³-hybridized carbons (Fsp3) is 0.211. The number of hydrogen-bond donors (Lipinski definition) is 2. The Bertz CT molecular complexity index is 1060. The zero-order valence-electron chi connectivity index (χ0n) is 14.4. The number of carbonyl (C=O) groups is 2. The van der Waals surface area contributed by atoms with Gasteiger partial charge in [-0.3, -0.25) is 9.59 Å². The lowest BCUT2D eigenvalue weighted by molar-refractivity contribution is 0.0535. The molecule has 2 heterocycles. The Kier molecular flexibility index (Phi) is 4.23. The maximum absolute atomic E-state index is 13.0. The maximum atomic E-state index is 13.0. The molecule has 2 N–H and O–H groups in total. The Morgan fingerprint density at radius 2 is 1.30 bits per heavy atom. The molecular formula is C19H17FN4O3. The first-order valence-electron chi connectivity index (χ1n) is 8.57. The average molecular weight is 368 g/mol. The largest absolute Gasteiger partial charge is 0.335 e. The van der Waals surface area contributed by atoms with E-state index in [9.17, 15) is 18.8 Å². The van der Waals surface area contributed by atoms with Crippen LogP contribution in [-0.2, 0) is 0 Å². The smallest absolute Gasteiger partial charge is 0.323 e. The quantitative estimate of drug-likeness (QED) is 0.720. The highest BCUT2D eigenvalue weighted by molar-refractivity contribution is 5.98. The lowest BCUT2D eigenvalue weighted by Gasteiger charge is -2.34. The van der Waals surface area contributed by atoms with Gasteiger partial charge in [-0.25, -0.2) is 9.18 Å². The standard InChI is InChI=1S/C19H17FN4O3/c20-14-4-1-12(2-5-14)17(25)23-7-9-24(10-8-23)18(26)13-3-6-15-16(11-13)22-19(27)21-15/h1-6,11H,7-10H2,(H2,21,22,27). The van der Waals surface area contributed by atoms with Gasteiger partial charge < -0.3 is 19.8 Å². The van der Waals surface area contributed by atoms with Gasteiger partial charge in [-0.05, 0) is 42.5 Å². The van der Waals surface area contributed by atoms with E-state index in [1.165, 1.54) is 24.3 Å². The minimum absolute atomic E-state index is 0.146. The second-order valence-electron chi connectivity index (χ2n) is 6.43. The predicted octanol–water partition coefficient (Wildman–Crippen LogP) is 1.59. The zero-order chi connectivity index (χ0) is 19.0. The average Bonchev–Trinajstić information content (AvgIpc) is 3.07. The maximum Gasteiger partial charge on any atom is 0.323 e. The molecule has 1 fully saturated rings. The molecule has 1 aromatic heterocycles. The van der Waals surface area contributed by atoms with Crippen LogP contribution < -0.4 is 5.69 Å². The van der Waals surface area contributed by atoms with Crippen LogP contribution >= 0.6 is 0 Å². The fourth-order valence-electron chi connectivity index (χ4n) is 3.24. The van der Waals surface area contributed by atoms with E-state index in [1.807, 2.05) is 0 Å². The van der Waals surface area contributed by atoms with Crippen molar-refractivity contribution in [1.82, 2.24) is 19.8 Å². The monoisotopic (exact) mass is 368 g/mol. The number of fused-ring (bicyclic) bond motifs is 1. The van der Waals surface area contributed by atoms with Crippen LogP contribution in [0, 0.1) is 5.82 Å². The Balaban J connectivity index is 1.43. The number of imidazole rings is 1. The van der Waals surface area contributed by atoms with Crippen LogP contribution in [0.25, 0.3) is 11.0 Å². The zero-order valence-corrected chi connectivity index (χ0v) is 14.4. The Morgan fingerprint density at radius 1 is 0.778 bits per heavy atom. The third-order valence-corrected chi connectivity index (χ3v) is 4.71. The van der Waals surface area contributed by atoms with Crippen LogP contribution in [0.1, 0.15) is 20.7 Å². The van der Waals surface area contributed by atoms with Crippen LogP contribution in [0.5, 0.6) is 0 Å². The third kappa shape index (κ3) is 3.33. The highest BCUT2D eigenvalue weighted by atomic mass is 19.1. The van der Waals surface area contributed by atoms with Crippen LogP contribution in [-0.4, -0.2) is 57.8 Å². The molecule has 0 spiro atoms. The summed E-state index contributed by atoms with van der Waals surface area (Å²) in [4.78, 5) is 45.1. The highest BCUT2D eigenvalue weighted by Gasteiger charge is 2.25. The number of nitrogens with zero attached hydrogens (tertiary/aromatic N) is 2. The van der Waals surface area contributed by atoms with Crippen molar-refractivity contribution < 1.29 is 14.0 Å². The van der Waals surface area contributed by atoms with Crippen molar-refractivity contribution in [2.45, 2.75) is 0 Å². The molecule has 1 aliphatic heterocycles. The van der Waals surface area contributed by atoms with Gasteiger partial charge in [0.05, 0.1) is 11.0 Å². The SMILES string of the molecule is O=C(c1ccc(F)cc1)N1CCN(C(=O)c2ccc3[nH]c(=O)[nH]c3c2)CC1. The van der Waals surface area contributed by atoms with E-state index in [0.29, 0.717) is 48.3 Å². The molecule has 0 unspecified atom stereocenters. The van der Waals surface area contributed by atoms with Gasteiger partial charge in [-0.2, -0.15) is 0 Å². The minimum Gasteiger partial charge on any atom is -0.335 e. The summed E-state index contributed by atoms with van der Waals surface area (Å²) in [6, 6.07) is 10.4. The number of carbonyl (C=O) groups excluding carboxylic acids is 2. The van der Waals surface area contributed by atoms with Crippen LogP contribution in [0.2, 0.25) is 0 Å². The van der Waals surface area contributed by atoms with Gasteiger partial charge in [0.2, 0.25) is 0 Å². The Morgan fingerprint density at radius 3 is 1.93 bits per heavy atom. The molecule has 27 heavy (non-hydrogen) atoms. The van der Waals surface area contributed by atoms with Gasteiger partial charge in [-0.1, -0.05) is 0 Å². The summed E-state index contributed by atoms with van der Waals surface area (Å²) in [6.45, 7) is 1.64. The van der Waals surface area contributed by atoms with Gasteiger partial charge in [0.1, 0.15) is 5.82 Å². The number of piperazine rings is 1. The first kappa shape index (κ1) is 17.0. The topological polar surface area (TPSA) is 89.3 Å². The summed E-state index contributed by atoms with van der Waals surface area (Å²) in [7, 11) is 0. The number of nitrogens with one attached hydrogen (secondary N) is 2. The first-order chi connectivity index (χ1) is 13.0. The number of H-pyrrole nitrogens is 2. The van der Waals surface area contributed by atoms with Crippen molar-refractivity contribution in [2.24, 2.45) is 0 Å². The molecule has 1 aliphatic rings. The predicted molar refractivity (Wildman–Crippen MR) is 97.1 cm³/mol. The Labute approximate surface area is 153 Å². The van der Waals surface area contributed by atoms with Crippen molar-refractivity contribution in [2.75, 3.05) is 26.2 Å². The second-order valence-corrected chi connectivity index (χ2v) is 6.43. The minimum atomic E-state index is -0.386. The van der Waals surface area contributed by atoms with Crippen LogP contribution in [0.15, 0.2) is 47.3 Å². The molecule has 7 nitrogen and oxygen atoms in total. The molecule has 0 saturated carbocycles. The second kappa shape index (κ2) is 6.71. The molecule has 3 aromatic rings. The van der Waals surface area contributed by atoms with Gasteiger partial charge >= 0.3 is 5.69 Å². The first-order valence-corrected chi connectivity index (χ1v) is 8.57. The van der Waals surface area contributed by atoms with E-state index < -0.39 is 0 Å². The molecule has 0 bridgehead atoms. The summed E-state index contributed by atoms with van der Waals surface area (Å²) in [5.74, 6) is -0.705. The van der Waals surface area contributed by atoms with Gasteiger partial charge in [0, 0.05) is 37.3 Å². The van der Waals surface area contributed by atoms with E-state index in [4.69, 9.17) is 0 Å². The number of rotatable bonds is 2. The fourth-order valence-corrected chi connectivity index (χ4v) is 3.24. The van der Waals surface area contributed by atoms with E-state index in [0.717, 1.165) is 0 Å². The molecule has 8 heteroatoms. The van der Waals surface area contributed by atoms with Crippen molar-refractivity contribution in [3.05, 3.63) is 69.9 Å². The van der Waals surface area contributed by atoms with E-state index in [1.54, 1.807) is 28.0 Å².